The van der Waals surface area contributed by atoms with Gasteiger partial charge in [-0.05, 0) is 48.7 Å². The number of rotatable bonds is 5. The van der Waals surface area contributed by atoms with Crippen LogP contribution in [0.5, 0.6) is 0 Å². The molecule has 9 heteroatoms. The summed E-state index contributed by atoms with van der Waals surface area (Å²) >= 11 is 0. The Bertz CT molecular complexity index is 890. The highest BCUT2D eigenvalue weighted by atomic mass is 19.4. The fourth-order valence-corrected chi connectivity index (χ4v) is 2.78. The molecule has 0 spiro atoms. The molecule has 0 bridgehead atoms. The highest BCUT2D eigenvalue weighted by molar-refractivity contribution is 5.94. The monoisotopic (exact) mass is 382 g/mol. The zero-order chi connectivity index (χ0) is 19.8. The van der Waals surface area contributed by atoms with Crippen LogP contribution in [0.15, 0.2) is 36.5 Å². The second kappa shape index (κ2) is 6.64. The number of carboxylic acid groups (broad SMARTS) is 1. The van der Waals surface area contributed by atoms with E-state index in [2.05, 4.69) is 10.3 Å². The summed E-state index contributed by atoms with van der Waals surface area (Å²) in [4.78, 5) is 26.6. The van der Waals surface area contributed by atoms with Crippen LogP contribution in [-0.2, 0) is 11.6 Å². The lowest BCUT2D eigenvalue weighted by Crippen LogP contribution is -2.32. The van der Waals surface area contributed by atoms with Crippen molar-refractivity contribution < 1.29 is 32.3 Å². The average Bonchev–Trinajstić information content (AvgIpc) is 3.40. The maximum absolute atomic E-state index is 13.6. The molecule has 1 fully saturated rings. The molecule has 0 unspecified atom stereocenters. The van der Waals surface area contributed by atoms with E-state index in [9.17, 15) is 27.2 Å². The van der Waals surface area contributed by atoms with Gasteiger partial charge in [-0.1, -0.05) is 0 Å². The third-order valence-electron chi connectivity index (χ3n) is 4.52. The molecule has 1 heterocycles. The lowest BCUT2D eigenvalue weighted by atomic mass is 9.93. The molecule has 3 rings (SSSR count). The highest BCUT2D eigenvalue weighted by Crippen LogP contribution is 2.49. The van der Waals surface area contributed by atoms with Crippen molar-refractivity contribution in [2.45, 2.75) is 24.4 Å². The third-order valence-corrected chi connectivity index (χ3v) is 4.52. The van der Waals surface area contributed by atoms with Crippen LogP contribution >= 0.6 is 0 Å². The van der Waals surface area contributed by atoms with Gasteiger partial charge in [-0.25, -0.2) is 14.2 Å². The molecule has 0 aliphatic heterocycles. The van der Waals surface area contributed by atoms with Gasteiger partial charge < -0.3 is 10.4 Å². The van der Waals surface area contributed by atoms with E-state index < -0.39 is 34.8 Å². The standard InChI is InChI=1S/C18H14F4N2O3/c19-13-6-11(5-12(7-13)18(20,21)22)17(3-4-17)9-24-15(25)10-1-2-14(16(26)27)23-8-10/h1-2,5-8H,3-4,9H2,(H,24,25)(H,26,27). The number of benzene rings is 1. The van der Waals surface area contributed by atoms with Crippen LogP contribution in [0.3, 0.4) is 0 Å². The van der Waals surface area contributed by atoms with Gasteiger partial charge in [0.1, 0.15) is 11.5 Å². The Morgan fingerprint density at radius 2 is 1.89 bits per heavy atom. The molecule has 2 aromatic rings. The molecule has 1 aromatic carbocycles. The molecule has 1 aliphatic rings. The number of aromatic carboxylic acids is 1. The number of nitrogens with zero attached hydrogens (tertiary/aromatic N) is 1. The van der Waals surface area contributed by atoms with E-state index in [1.165, 1.54) is 12.1 Å². The summed E-state index contributed by atoms with van der Waals surface area (Å²) < 4.78 is 52.3. The first kappa shape index (κ1) is 18.8. The Labute approximate surface area is 151 Å². The Balaban J connectivity index is 1.73. The van der Waals surface area contributed by atoms with Crippen LogP contribution in [-0.4, -0.2) is 28.5 Å². The van der Waals surface area contributed by atoms with Crippen molar-refractivity contribution in [1.82, 2.24) is 10.3 Å². The van der Waals surface area contributed by atoms with E-state index in [0.717, 1.165) is 18.3 Å². The number of halogens is 4. The van der Waals surface area contributed by atoms with Crippen LogP contribution < -0.4 is 5.32 Å². The molecule has 1 aromatic heterocycles. The number of amides is 1. The molecular formula is C18H14F4N2O3. The van der Waals surface area contributed by atoms with Crippen molar-refractivity contribution in [3.63, 3.8) is 0 Å². The molecule has 0 radical (unpaired) electrons. The van der Waals surface area contributed by atoms with Crippen molar-refractivity contribution in [1.29, 1.82) is 0 Å². The van der Waals surface area contributed by atoms with Gasteiger partial charge in [-0.15, -0.1) is 0 Å². The van der Waals surface area contributed by atoms with E-state index in [1.54, 1.807) is 0 Å². The predicted octanol–water partition coefficient (Wildman–Crippen LogP) is 3.40. The van der Waals surface area contributed by atoms with E-state index in [-0.39, 0.29) is 23.4 Å². The summed E-state index contributed by atoms with van der Waals surface area (Å²) in [6.07, 6.45) is -2.52. The molecule has 1 aliphatic carbocycles. The number of carbonyl (C=O) groups excluding carboxylic acids is 1. The van der Waals surface area contributed by atoms with Gasteiger partial charge >= 0.3 is 12.1 Å². The Hall–Kier alpha value is -2.97. The fourth-order valence-electron chi connectivity index (χ4n) is 2.78. The topological polar surface area (TPSA) is 79.3 Å². The van der Waals surface area contributed by atoms with E-state index >= 15 is 0 Å². The molecular weight excluding hydrogens is 368 g/mol. The normalized spacial score (nSPS) is 15.3. The van der Waals surface area contributed by atoms with Gasteiger partial charge in [-0.3, -0.25) is 4.79 Å². The number of pyridine rings is 1. The lowest BCUT2D eigenvalue weighted by Gasteiger charge is -2.18. The third kappa shape index (κ3) is 4.07. The summed E-state index contributed by atoms with van der Waals surface area (Å²) in [6.45, 7) is 0.0350. The van der Waals surface area contributed by atoms with Crippen molar-refractivity contribution in [2.75, 3.05) is 6.54 Å². The number of hydrogen-bond acceptors (Lipinski definition) is 3. The maximum Gasteiger partial charge on any atom is 0.416 e. The number of carboxylic acids is 1. The zero-order valence-corrected chi connectivity index (χ0v) is 13.8. The van der Waals surface area contributed by atoms with Crippen molar-refractivity contribution in [3.05, 3.63) is 64.7 Å². The second-order valence-corrected chi connectivity index (χ2v) is 6.43. The first-order valence-corrected chi connectivity index (χ1v) is 7.97. The Kier molecular flexibility index (Phi) is 4.63. The first-order chi connectivity index (χ1) is 12.6. The molecule has 1 amide bonds. The number of hydrogen-bond donors (Lipinski definition) is 2. The number of carbonyl (C=O) groups is 2. The van der Waals surface area contributed by atoms with Crippen molar-refractivity contribution in [3.8, 4) is 0 Å². The Morgan fingerprint density at radius 3 is 2.41 bits per heavy atom. The van der Waals surface area contributed by atoms with Crippen molar-refractivity contribution in [2.24, 2.45) is 0 Å². The minimum Gasteiger partial charge on any atom is -0.477 e. The molecule has 2 N–H and O–H groups in total. The summed E-state index contributed by atoms with van der Waals surface area (Å²) in [5, 5.41) is 11.4. The Morgan fingerprint density at radius 1 is 1.19 bits per heavy atom. The highest BCUT2D eigenvalue weighted by Gasteiger charge is 2.46. The summed E-state index contributed by atoms with van der Waals surface area (Å²) in [6, 6.07) is 4.86. The molecule has 142 valence electrons. The summed E-state index contributed by atoms with van der Waals surface area (Å²) in [7, 11) is 0. The first-order valence-electron chi connectivity index (χ1n) is 7.97. The van der Waals surface area contributed by atoms with E-state index in [4.69, 9.17) is 5.11 Å². The van der Waals surface area contributed by atoms with Gasteiger partial charge in [0.05, 0.1) is 11.1 Å². The minimum atomic E-state index is -4.66. The molecule has 1 saturated carbocycles. The van der Waals surface area contributed by atoms with E-state index in [0.29, 0.717) is 18.9 Å². The molecule has 27 heavy (non-hydrogen) atoms. The summed E-state index contributed by atoms with van der Waals surface area (Å²) in [5.74, 6) is -2.76. The second-order valence-electron chi connectivity index (χ2n) is 6.43. The molecule has 0 saturated heterocycles. The van der Waals surface area contributed by atoms with E-state index in [1.807, 2.05) is 0 Å². The smallest absolute Gasteiger partial charge is 0.416 e. The largest absolute Gasteiger partial charge is 0.477 e. The number of aromatic nitrogens is 1. The quantitative estimate of drug-likeness (QED) is 0.777. The van der Waals surface area contributed by atoms with Crippen LogP contribution in [0.1, 0.15) is 44.8 Å². The summed E-state index contributed by atoms with van der Waals surface area (Å²) in [5.41, 5.74) is -1.72. The molecule has 0 atom stereocenters. The van der Waals surface area contributed by atoms with Gasteiger partial charge in [0, 0.05) is 18.2 Å². The van der Waals surface area contributed by atoms with Gasteiger partial charge in [0.25, 0.3) is 5.91 Å². The van der Waals surface area contributed by atoms with Crippen LogP contribution in [0.4, 0.5) is 17.6 Å². The fraction of sp³-hybridized carbons (Fsp3) is 0.278. The molecule has 5 nitrogen and oxygen atoms in total. The van der Waals surface area contributed by atoms with Gasteiger partial charge in [0.15, 0.2) is 0 Å². The number of nitrogens with one attached hydrogen (secondary N) is 1. The minimum absolute atomic E-state index is 0.0350. The van der Waals surface area contributed by atoms with Crippen LogP contribution in [0, 0.1) is 5.82 Å². The van der Waals surface area contributed by atoms with Crippen LogP contribution in [0.25, 0.3) is 0 Å². The lowest BCUT2D eigenvalue weighted by molar-refractivity contribution is -0.137. The predicted molar refractivity (Wildman–Crippen MR) is 85.8 cm³/mol. The SMILES string of the molecule is O=C(NCC1(c2cc(F)cc(C(F)(F)F)c2)CC1)c1ccc(C(=O)O)nc1. The van der Waals surface area contributed by atoms with Crippen LogP contribution in [0.2, 0.25) is 0 Å². The maximum atomic E-state index is 13.6. The number of alkyl halides is 3. The van der Waals surface area contributed by atoms with Crippen molar-refractivity contribution >= 4 is 11.9 Å². The van der Waals surface area contributed by atoms with Gasteiger partial charge in [0.2, 0.25) is 0 Å². The van der Waals surface area contributed by atoms with Gasteiger partial charge in [-0.2, -0.15) is 13.2 Å². The average molecular weight is 382 g/mol. The zero-order valence-electron chi connectivity index (χ0n) is 13.8.